The van der Waals surface area contributed by atoms with Crippen molar-refractivity contribution in [2.24, 2.45) is 5.73 Å². The molecule has 0 radical (unpaired) electrons. The number of hydrogen-bond donors (Lipinski definition) is 2. The third-order valence-electron chi connectivity index (χ3n) is 5.96. The molecule has 3 N–H and O–H groups in total. The fraction of sp³-hybridized carbons (Fsp3) is 0.500. The molecule has 2 aromatic rings. The Hall–Kier alpha value is -1.70. The zero-order valence-corrected chi connectivity index (χ0v) is 17.2. The molecule has 5 rings (SSSR count). The Balaban J connectivity index is 1.34. The van der Waals surface area contributed by atoms with E-state index in [1.54, 1.807) is 0 Å². The second kappa shape index (κ2) is 7.28. The first-order valence-electron chi connectivity index (χ1n) is 9.90. The number of benzene rings is 1. The van der Waals surface area contributed by atoms with E-state index < -0.39 is 10.8 Å². The third-order valence-corrected chi connectivity index (χ3v) is 7.67. The number of anilines is 2. The number of nitrogens with two attached hydrogens (primary N) is 1. The van der Waals surface area contributed by atoms with Gasteiger partial charge in [-0.2, -0.15) is 4.98 Å². The van der Waals surface area contributed by atoms with Gasteiger partial charge in [-0.15, -0.1) is 0 Å². The van der Waals surface area contributed by atoms with Gasteiger partial charge in [-0.05, 0) is 42.9 Å². The highest BCUT2D eigenvalue weighted by Crippen LogP contribution is 2.35. The van der Waals surface area contributed by atoms with Crippen molar-refractivity contribution >= 4 is 34.2 Å². The van der Waals surface area contributed by atoms with Crippen molar-refractivity contribution in [1.29, 1.82) is 0 Å². The summed E-state index contributed by atoms with van der Waals surface area (Å²) in [6, 6.07) is 8.59. The minimum absolute atomic E-state index is 0.166. The van der Waals surface area contributed by atoms with Crippen LogP contribution in [0.3, 0.4) is 0 Å². The average molecular weight is 418 g/mol. The lowest BCUT2D eigenvalue weighted by atomic mass is 9.89. The Morgan fingerprint density at radius 2 is 1.89 bits per heavy atom. The van der Waals surface area contributed by atoms with E-state index in [1.807, 2.05) is 12.1 Å². The molecule has 8 heteroatoms. The number of fused-ring (bicyclic) bond motifs is 1. The predicted octanol–water partition coefficient (Wildman–Crippen LogP) is 2.69. The molecule has 2 aliphatic heterocycles. The number of nitrogens with zero attached hydrogens (tertiary/aromatic N) is 3. The molecule has 0 bridgehead atoms. The summed E-state index contributed by atoms with van der Waals surface area (Å²) in [5.74, 6) is 2.66. The maximum atomic E-state index is 12.4. The zero-order chi connectivity index (χ0) is 19.3. The van der Waals surface area contributed by atoms with Crippen LogP contribution in [0.5, 0.6) is 0 Å². The van der Waals surface area contributed by atoms with E-state index >= 15 is 0 Å². The Morgan fingerprint density at radius 3 is 2.57 bits per heavy atom. The van der Waals surface area contributed by atoms with Crippen LogP contribution in [0.1, 0.15) is 36.4 Å². The van der Waals surface area contributed by atoms with Crippen molar-refractivity contribution in [3.63, 3.8) is 0 Å². The lowest BCUT2D eigenvalue weighted by Crippen LogP contribution is -2.34. The number of aromatic nitrogens is 2. The van der Waals surface area contributed by atoms with Crippen molar-refractivity contribution in [3.8, 4) is 0 Å². The van der Waals surface area contributed by atoms with E-state index in [9.17, 15) is 4.21 Å². The van der Waals surface area contributed by atoms with Crippen LogP contribution in [0.4, 0.5) is 11.8 Å². The highest BCUT2D eigenvalue weighted by Gasteiger charge is 2.36. The fourth-order valence-corrected chi connectivity index (χ4v) is 5.57. The van der Waals surface area contributed by atoms with Gasteiger partial charge in [-0.3, -0.25) is 4.21 Å². The lowest BCUT2D eigenvalue weighted by Gasteiger charge is -2.32. The molecule has 1 saturated carbocycles. The molecule has 1 aliphatic carbocycles. The van der Waals surface area contributed by atoms with Crippen molar-refractivity contribution in [3.05, 3.63) is 40.5 Å². The number of aryl methyl sites for hydroxylation is 1. The van der Waals surface area contributed by atoms with Gasteiger partial charge in [0.05, 0.1) is 16.5 Å². The monoisotopic (exact) mass is 417 g/mol. The standard InChI is InChI=1S/C20H24ClN5OS/c21-14-3-1-12(2-4-14)13-5-8-26(9-6-13)20-24-16-7-10-28(27)18(16)19(25-20)23-17-11-15(17)22/h1-4,13,15,17H,5-11,22H2,(H,23,24,25). The van der Waals surface area contributed by atoms with Crippen LogP contribution < -0.4 is 16.0 Å². The first-order chi connectivity index (χ1) is 13.6. The summed E-state index contributed by atoms with van der Waals surface area (Å²) in [5, 5.41) is 4.19. The molecule has 1 aromatic heterocycles. The van der Waals surface area contributed by atoms with Crippen LogP contribution >= 0.6 is 11.6 Å². The van der Waals surface area contributed by atoms with E-state index in [4.69, 9.17) is 27.3 Å². The van der Waals surface area contributed by atoms with Gasteiger partial charge >= 0.3 is 0 Å². The SMILES string of the molecule is NC1CC1Nc1nc(N2CCC(c3ccc(Cl)cc3)CC2)nc2c1S(=O)CC2. The van der Waals surface area contributed by atoms with Crippen LogP contribution in [0.25, 0.3) is 0 Å². The second-order valence-corrected chi connectivity index (χ2v) is 9.85. The summed E-state index contributed by atoms with van der Waals surface area (Å²) < 4.78 is 12.4. The van der Waals surface area contributed by atoms with Crippen LogP contribution in [-0.4, -0.2) is 45.1 Å². The minimum atomic E-state index is -1.01. The number of rotatable bonds is 4. The molecule has 2 fully saturated rings. The van der Waals surface area contributed by atoms with Crippen molar-refractivity contribution < 1.29 is 4.21 Å². The molecule has 1 saturated heterocycles. The minimum Gasteiger partial charge on any atom is -0.365 e. The molecule has 3 atom stereocenters. The summed E-state index contributed by atoms with van der Waals surface area (Å²) in [4.78, 5) is 12.6. The van der Waals surface area contributed by atoms with E-state index in [1.165, 1.54) is 5.56 Å². The van der Waals surface area contributed by atoms with Gasteiger partial charge in [-0.1, -0.05) is 23.7 Å². The van der Waals surface area contributed by atoms with Crippen LogP contribution in [-0.2, 0) is 17.2 Å². The summed E-state index contributed by atoms with van der Waals surface area (Å²) in [5.41, 5.74) is 8.23. The number of halogens is 1. The zero-order valence-electron chi connectivity index (χ0n) is 15.6. The van der Waals surface area contributed by atoms with Crippen molar-refractivity contribution in [2.45, 2.75) is 48.6 Å². The molecular formula is C20H24ClN5OS. The third kappa shape index (κ3) is 3.51. The van der Waals surface area contributed by atoms with Crippen LogP contribution in [0.2, 0.25) is 5.02 Å². The van der Waals surface area contributed by atoms with Crippen LogP contribution in [0, 0.1) is 0 Å². The summed E-state index contributed by atoms with van der Waals surface area (Å²) >= 11 is 6.01. The molecule has 3 heterocycles. The maximum Gasteiger partial charge on any atom is 0.227 e. The molecule has 6 nitrogen and oxygen atoms in total. The number of hydrogen-bond acceptors (Lipinski definition) is 6. The first-order valence-corrected chi connectivity index (χ1v) is 11.6. The van der Waals surface area contributed by atoms with Crippen molar-refractivity contribution in [2.75, 3.05) is 29.1 Å². The van der Waals surface area contributed by atoms with E-state index in [-0.39, 0.29) is 12.1 Å². The van der Waals surface area contributed by atoms with Gasteiger partial charge in [-0.25, -0.2) is 4.98 Å². The molecule has 1 aromatic carbocycles. The number of nitrogens with one attached hydrogen (secondary N) is 1. The van der Waals surface area contributed by atoms with Gasteiger partial charge in [0, 0.05) is 42.4 Å². The van der Waals surface area contributed by atoms with Gasteiger partial charge in [0.25, 0.3) is 0 Å². The molecule has 148 valence electrons. The molecule has 3 aliphatic rings. The largest absolute Gasteiger partial charge is 0.365 e. The lowest BCUT2D eigenvalue weighted by molar-refractivity contribution is 0.499. The van der Waals surface area contributed by atoms with Gasteiger partial charge in [0.15, 0.2) is 0 Å². The second-order valence-electron chi connectivity index (χ2n) is 7.91. The molecular weight excluding hydrogens is 394 g/mol. The quantitative estimate of drug-likeness (QED) is 0.795. The highest BCUT2D eigenvalue weighted by atomic mass is 35.5. The van der Waals surface area contributed by atoms with E-state index in [0.29, 0.717) is 11.7 Å². The normalized spacial score (nSPS) is 26.9. The van der Waals surface area contributed by atoms with E-state index in [0.717, 1.165) is 66.2 Å². The molecule has 28 heavy (non-hydrogen) atoms. The molecule has 0 spiro atoms. The topological polar surface area (TPSA) is 84.1 Å². The summed E-state index contributed by atoms with van der Waals surface area (Å²) in [6.07, 6.45) is 3.81. The van der Waals surface area contributed by atoms with Gasteiger partial charge in [0.1, 0.15) is 10.7 Å². The molecule has 0 amide bonds. The Bertz CT molecular complexity index is 914. The predicted molar refractivity (Wildman–Crippen MR) is 113 cm³/mol. The Labute approximate surface area is 172 Å². The maximum absolute atomic E-state index is 12.4. The first kappa shape index (κ1) is 18.3. The van der Waals surface area contributed by atoms with E-state index in [2.05, 4.69) is 22.3 Å². The van der Waals surface area contributed by atoms with Gasteiger partial charge < -0.3 is 16.0 Å². The summed E-state index contributed by atoms with van der Waals surface area (Å²) in [6.45, 7) is 1.83. The Morgan fingerprint density at radius 1 is 1.18 bits per heavy atom. The van der Waals surface area contributed by atoms with Crippen LogP contribution in [0.15, 0.2) is 29.2 Å². The smallest absolute Gasteiger partial charge is 0.227 e. The average Bonchev–Trinajstić information content (AvgIpc) is 3.26. The van der Waals surface area contributed by atoms with Gasteiger partial charge in [0.2, 0.25) is 5.95 Å². The van der Waals surface area contributed by atoms with Crippen molar-refractivity contribution in [1.82, 2.24) is 9.97 Å². The highest BCUT2D eigenvalue weighted by molar-refractivity contribution is 7.85. The summed E-state index contributed by atoms with van der Waals surface area (Å²) in [7, 11) is -1.01. The fourth-order valence-electron chi connectivity index (χ4n) is 4.13. The molecule has 3 unspecified atom stereocenters. The number of piperidine rings is 1. The Kier molecular flexibility index (Phi) is 4.77.